The second-order valence-electron chi connectivity index (χ2n) is 8.95. The van der Waals surface area contributed by atoms with Crippen LogP contribution < -0.4 is 0 Å². The van der Waals surface area contributed by atoms with E-state index in [1.807, 2.05) is 28.9 Å². The van der Waals surface area contributed by atoms with Crippen molar-refractivity contribution in [3.8, 4) is 11.3 Å². The molecule has 2 heterocycles. The Labute approximate surface area is 191 Å². The summed E-state index contributed by atoms with van der Waals surface area (Å²) in [6.07, 6.45) is -0.921. The smallest absolute Gasteiger partial charge is 0.407 e. The molecule has 0 aliphatic carbocycles. The third kappa shape index (κ3) is 4.65. The highest BCUT2D eigenvalue weighted by Crippen LogP contribution is 2.38. The zero-order valence-corrected chi connectivity index (χ0v) is 21.3. The maximum absolute atomic E-state index is 11.7. The monoisotopic (exact) mass is 547 g/mol. The van der Waals surface area contributed by atoms with Gasteiger partial charge in [-0.3, -0.25) is 4.68 Å². The minimum absolute atomic E-state index is 0.0848. The molecule has 1 N–H and O–H groups in total. The van der Waals surface area contributed by atoms with Gasteiger partial charge < -0.3 is 14.4 Å². The average Bonchev–Trinajstić information content (AvgIpc) is 2.95. The van der Waals surface area contributed by atoms with Gasteiger partial charge in [0.05, 0.1) is 28.5 Å². The van der Waals surface area contributed by atoms with E-state index in [0.717, 1.165) is 20.5 Å². The van der Waals surface area contributed by atoms with Crippen LogP contribution >= 0.6 is 34.2 Å². The molecular formula is C20H27ClIN3O3Si. The summed E-state index contributed by atoms with van der Waals surface area (Å²) in [5, 5.41) is 15.2. The number of hydrogen-bond donors (Lipinski definition) is 1. The topological polar surface area (TPSA) is 67.6 Å². The van der Waals surface area contributed by atoms with E-state index < -0.39 is 14.4 Å². The quantitative estimate of drug-likeness (QED) is 0.384. The van der Waals surface area contributed by atoms with E-state index in [0.29, 0.717) is 24.7 Å². The first-order valence-corrected chi connectivity index (χ1v) is 13.9. The van der Waals surface area contributed by atoms with E-state index in [2.05, 4.69) is 56.5 Å². The van der Waals surface area contributed by atoms with Crippen LogP contribution in [-0.4, -0.2) is 47.3 Å². The van der Waals surface area contributed by atoms with Gasteiger partial charge in [0.2, 0.25) is 0 Å². The molecule has 0 spiro atoms. The summed E-state index contributed by atoms with van der Waals surface area (Å²) in [5.74, 6) is 0. The molecule has 0 saturated heterocycles. The Kier molecular flexibility index (Phi) is 6.39. The van der Waals surface area contributed by atoms with Gasteiger partial charge in [0.25, 0.3) is 0 Å². The number of halogens is 2. The van der Waals surface area contributed by atoms with Crippen molar-refractivity contribution in [1.29, 1.82) is 0 Å². The summed E-state index contributed by atoms with van der Waals surface area (Å²) in [6, 6.07) is 7.42. The maximum Gasteiger partial charge on any atom is 0.407 e. The Hall–Kier alpha value is -1.10. The number of amides is 1. The maximum atomic E-state index is 11.7. The van der Waals surface area contributed by atoms with Crippen LogP contribution in [0, 0.1) is 3.57 Å². The zero-order chi connectivity index (χ0) is 21.6. The Balaban J connectivity index is 1.97. The number of benzene rings is 1. The molecule has 158 valence electrons. The second kappa shape index (κ2) is 8.20. The number of fused-ring (bicyclic) bond motifs is 1. The summed E-state index contributed by atoms with van der Waals surface area (Å²) in [7, 11) is -1.96. The van der Waals surface area contributed by atoms with Gasteiger partial charge in [-0.1, -0.05) is 44.5 Å². The van der Waals surface area contributed by atoms with Crippen LogP contribution in [0.15, 0.2) is 24.3 Å². The number of carboxylic acid groups (broad SMARTS) is 1. The Bertz CT molecular complexity index is 926. The van der Waals surface area contributed by atoms with Crippen molar-refractivity contribution in [3.63, 3.8) is 0 Å². The number of hydrogen-bond acceptors (Lipinski definition) is 3. The van der Waals surface area contributed by atoms with Gasteiger partial charge in [-0.2, -0.15) is 5.10 Å². The van der Waals surface area contributed by atoms with Crippen molar-refractivity contribution in [2.24, 2.45) is 0 Å². The second-order valence-corrected chi connectivity index (χ2v) is 15.3. The third-order valence-corrected chi connectivity index (χ3v) is 11.7. The molecule has 1 amide bonds. The summed E-state index contributed by atoms with van der Waals surface area (Å²) in [4.78, 5) is 13.2. The van der Waals surface area contributed by atoms with Gasteiger partial charge in [0.1, 0.15) is 5.69 Å². The molecule has 0 saturated carbocycles. The molecule has 1 unspecified atom stereocenters. The highest BCUT2D eigenvalue weighted by molar-refractivity contribution is 14.1. The lowest BCUT2D eigenvalue weighted by molar-refractivity contribution is 0.103. The van der Waals surface area contributed by atoms with Gasteiger partial charge in [0, 0.05) is 17.1 Å². The van der Waals surface area contributed by atoms with Crippen molar-refractivity contribution < 1.29 is 14.3 Å². The van der Waals surface area contributed by atoms with Crippen LogP contribution in [0.25, 0.3) is 11.3 Å². The van der Waals surface area contributed by atoms with Crippen LogP contribution in [0.4, 0.5) is 4.79 Å². The van der Waals surface area contributed by atoms with Crippen molar-refractivity contribution in [2.75, 3.05) is 13.2 Å². The highest BCUT2D eigenvalue weighted by atomic mass is 127. The van der Waals surface area contributed by atoms with E-state index in [-0.39, 0.29) is 11.1 Å². The van der Waals surface area contributed by atoms with Gasteiger partial charge in [-0.15, -0.1) is 0 Å². The van der Waals surface area contributed by atoms with Crippen LogP contribution in [0.2, 0.25) is 23.2 Å². The first-order chi connectivity index (χ1) is 13.4. The highest BCUT2D eigenvalue weighted by Gasteiger charge is 2.39. The molecule has 1 aliphatic rings. The molecule has 0 radical (unpaired) electrons. The first-order valence-electron chi connectivity index (χ1n) is 9.55. The van der Waals surface area contributed by atoms with E-state index in [9.17, 15) is 9.90 Å². The minimum atomic E-state index is -1.96. The Morgan fingerprint density at radius 2 is 2.10 bits per heavy atom. The Morgan fingerprint density at radius 3 is 2.69 bits per heavy atom. The molecule has 2 aromatic rings. The molecule has 1 atom stereocenters. The molecule has 0 bridgehead atoms. The number of nitrogens with zero attached hydrogens (tertiary/aromatic N) is 3. The van der Waals surface area contributed by atoms with E-state index >= 15 is 0 Å². The first kappa shape index (κ1) is 22.6. The fourth-order valence-corrected chi connectivity index (χ4v) is 5.15. The average molecular weight is 548 g/mol. The van der Waals surface area contributed by atoms with Crippen LogP contribution in [0.3, 0.4) is 0 Å². The number of carbonyl (C=O) groups is 1. The minimum Gasteiger partial charge on any atom is -0.465 e. The third-order valence-electron chi connectivity index (χ3n) is 5.87. The fourth-order valence-electron chi connectivity index (χ4n) is 3.08. The van der Waals surface area contributed by atoms with Crippen LogP contribution in [0.5, 0.6) is 0 Å². The van der Waals surface area contributed by atoms with Gasteiger partial charge in [-0.05, 0) is 52.9 Å². The molecule has 9 heteroatoms. The summed E-state index contributed by atoms with van der Waals surface area (Å²) in [6.45, 7) is 12.1. The SMILES string of the molecule is CC(C)(C)[Si](C)(C)OCC1CN(C(=O)O)Cc2c(I)c(-c3cccc(Cl)c3)nn21. The molecule has 1 aromatic heterocycles. The molecule has 1 aliphatic heterocycles. The zero-order valence-electron chi connectivity index (χ0n) is 17.4. The largest absolute Gasteiger partial charge is 0.465 e. The van der Waals surface area contributed by atoms with E-state index in [1.165, 1.54) is 4.90 Å². The van der Waals surface area contributed by atoms with Gasteiger partial charge >= 0.3 is 6.09 Å². The molecule has 6 nitrogen and oxygen atoms in total. The van der Waals surface area contributed by atoms with Gasteiger partial charge in [0.15, 0.2) is 8.32 Å². The summed E-state index contributed by atoms with van der Waals surface area (Å²) in [5.41, 5.74) is 2.65. The van der Waals surface area contributed by atoms with Crippen LogP contribution in [-0.2, 0) is 11.0 Å². The summed E-state index contributed by atoms with van der Waals surface area (Å²) >= 11 is 8.43. The van der Waals surface area contributed by atoms with Crippen LogP contribution in [0.1, 0.15) is 32.5 Å². The van der Waals surface area contributed by atoms with Gasteiger partial charge in [-0.25, -0.2) is 4.79 Å². The fraction of sp³-hybridized carbons (Fsp3) is 0.500. The normalized spacial score (nSPS) is 17.3. The number of aromatic nitrogens is 2. The standard InChI is InChI=1S/C20H27ClIN3O3Si/c1-20(2,3)29(4,5)28-12-15-10-24(19(26)27)11-16-17(22)18(23-25(15)16)13-7-6-8-14(21)9-13/h6-9,15H,10-12H2,1-5H3,(H,26,27). The molecule has 1 aromatic carbocycles. The lowest BCUT2D eigenvalue weighted by Crippen LogP contribution is -2.46. The van der Waals surface area contributed by atoms with Crippen molar-refractivity contribution in [3.05, 3.63) is 38.6 Å². The molecule has 29 heavy (non-hydrogen) atoms. The number of rotatable bonds is 4. The molecule has 3 rings (SSSR count). The predicted octanol–water partition coefficient (Wildman–Crippen LogP) is 5.86. The predicted molar refractivity (Wildman–Crippen MR) is 126 cm³/mol. The van der Waals surface area contributed by atoms with E-state index in [1.54, 1.807) is 0 Å². The van der Waals surface area contributed by atoms with Crippen molar-refractivity contribution in [1.82, 2.24) is 14.7 Å². The molecule has 0 fully saturated rings. The molecular weight excluding hydrogens is 521 g/mol. The van der Waals surface area contributed by atoms with Crippen molar-refractivity contribution in [2.45, 2.75) is 51.5 Å². The lowest BCUT2D eigenvalue weighted by atomic mass is 10.1. The lowest BCUT2D eigenvalue weighted by Gasteiger charge is -2.39. The van der Waals surface area contributed by atoms with E-state index in [4.69, 9.17) is 21.1 Å². The Morgan fingerprint density at radius 1 is 1.41 bits per heavy atom. The van der Waals surface area contributed by atoms with Crippen molar-refractivity contribution >= 4 is 48.6 Å². The summed E-state index contributed by atoms with van der Waals surface area (Å²) < 4.78 is 9.34.